The first-order valence-electron chi connectivity index (χ1n) is 10.00. The number of piperazine rings is 1. The van der Waals surface area contributed by atoms with Crippen molar-refractivity contribution in [2.24, 2.45) is 5.41 Å². The number of carboxylic acids is 1. The Balaban J connectivity index is 1.95. The third-order valence-electron chi connectivity index (χ3n) is 5.15. The van der Waals surface area contributed by atoms with Gasteiger partial charge in [0.15, 0.2) is 6.10 Å². The summed E-state index contributed by atoms with van der Waals surface area (Å²) in [6.45, 7) is 7.82. The number of aliphatic carboxylic acids is 1. The van der Waals surface area contributed by atoms with E-state index in [1.165, 1.54) is 4.90 Å². The van der Waals surface area contributed by atoms with Crippen LogP contribution >= 0.6 is 0 Å². The highest BCUT2D eigenvalue weighted by atomic mass is 19.4. The van der Waals surface area contributed by atoms with E-state index in [2.05, 4.69) is 9.64 Å². The van der Waals surface area contributed by atoms with E-state index in [0.717, 1.165) is 18.1 Å². The number of benzene rings is 1. The van der Waals surface area contributed by atoms with Crippen molar-refractivity contribution in [2.75, 3.05) is 32.8 Å². The van der Waals surface area contributed by atoms with Crippen LogP contribution in [-0.4, -0.2) is 72.0 Å². The number of hydrogen-bond acceptors (Lipinski definition) is 5. The molecular formula is C21H29F3N2O5. The van der Waals surface area contributed by atoms with Gasteiger partial charge in [-0.15, -0.1) is 0 Å². The molecule has 7 nitrogen and oxygen atoms in total. The van der Waals surface area contributed by atoms with E-state index >= 15 is 0 Å². The van der Waals surface area contributed by atoms with Crippen LogP contribution in [0.25, 0.3) is 0 Å². The van der Waals surface area contributed by atoms with E-state index in [-0.39, 0.29) is 19.7 Å². The number of alkyl halides is 3. The number of hydrogen-bond donors (Lipinski definition) is 1. The van der Waals surface area contributed by atoms with E-state index in [1.807, 2.05) is 25.1 Å². The molecule has 174 valence electrons. The standard InChI is InChI=1S/C21H29F3N2O5/c1-14-5-6-16(17(11-14)30-13-20(3,4)18(27)28)12-25-7-9-26(10-8-25)19(29)31-15(2)21(22,23)24/h5-6,11,15H,7-10,12-13H2,1-4H3,(H,27,28). The third-order valence-corrected chi connectivity index (χ3v) is 5.15. The fourth-order valence-corrected chi connectivity index (χ4v) is 2.87. The van der Waals surface area contributed by atoms with Gasteiger partial charge < -0.3 is 19.5 Å². The molecule has 1 atom stereocenters. The lowest BCUT2D eigenvalue weighted by Crippen LogP contribution is -2.49. The predicted molar refractivity (Wildman–Crippen MR) is 107 cm³/mol. The smallest absolute Gasteiger partial charge is 0.425 e. The van der Waals surface area contributed by atoms with Gasteiger partial charge in [0.05, 0.1) is 5.41 Å². The predicted octanol–water partition coefficient (Wildman–Crippen LogP) is 3.69. The van der Waals surface area contributed by atoms with Crippen molar-refractivity contribution in [1.82, 2.24) is 9.80 Å². The number of ether oxygens (including phenoxy) is 2. The maximum atomic E-state index is 12.6. The summed E-state index contributed by atoms with van der Waals surface area (Å²) in [6, 6.07) is 5.68. The van der Waals surface area contributed by atoms with Crippen LogP contribution in [0.1, 0.15) is 31.9 Å². The van der Waals surface area contributed by atoms with Gasteiger partial charge in [-0.1, -0.05) is 12.1 Å². The van der Waals surface area contributed by atoms with Crippen molar-refractivity contribution in [3.63, 3.8) is 0 Å². The number of carbonyl (C=O) groups is 2. The van der Waals surface area contributed by atoms with Gasteiger partial charge in [-0.3, -0.25) is 9.69 Å². The Morgan fingerprint density at radius 1 is 1.16 bits per heavy atom. The summed E-state index contributed by atoms with van der Waals surface area (Å²) >= 11 is 0. The molecule has 0 aliphatic carbocycles. The van der Waals surface area contributed by atoms with Crippen molar-refractivity contribution < 1.29 is 37.3 Å². The minimum Gasteiger partial charge on any atom is -0.492 e. The number of amides is 1. The van der Waals surface area contributed by atoms with Gasteiger partial charge in [0.1, 0.15) is 12.4 Å². The molecule has 1 heterocycles. The molecular weight excluding hydrogens is 417 g/mol. The lowest BCUT2D eigenvalue weighted by Gasteiger charge is -2.35. The molecule has 1 aliphatic heterocycles. The zero-order valence-corrected chi connectivity index (χ0v) is 18.2. The van der Waals surface area contributed by atoms with Gasteiger partial charge in [-0.2, -0.15) is 13.2 Å². The Kier molecular flexibility index (Phi) is 7.80. The van der Waals surface area contributed by atoms with Crippen LogP contribution in [0.4, 0.5) is 18.0 Å². The van der Waals surface area contributed by atoms with Crippen LogP contribution in [0.2, 0.25) is 0 Å². The van der Waals surface area contributed by atoms with E-state index in [4.69, 9.17) is 4.74 Å². The summed E-state index contributed by atoms with van der Waals surface area (Å²) in [5.74, 6) is -0.361. The van der Waals surface area contributed by atoms with Crippen molar-refractivity contribution in [2.45, 2.75) is 46.5 Å². The fraction of sp³-hybridized carbons (Fsp3) is 0.619. The first-order chi connectivity index (χ1) is 14.3. The summed E-state index contributed by atoms with van der Waals surface area (Å²) < 4.78 is 48.1. The molecule has 2 rings (SSSR count). The number of carboxylic acid groups (broad SMARTS) is 1. The topological polar surface area (TPSA) is 79.3 Å². The molecule has 0 bridgehead atoms. The van der Waals surface area contributed by atoms with Crippen LogP contribution < -0.4 is 4.74 Å². The maximum absolute atomic E-state index is 12.6. The van der Waals surface area contributed by atoms with Gasteiger partial charge >= 0.3 is 18.2 Å². The highest BCUT2D eigenvalue weighted by Gasteiger charge is 2.40. The molecule has 1 fully saturated rings. The lowest BCUT2D eigenvalue weighted by atomic mass is 9.95. The number of carbonyl (C=O) groups excluding carboxylic acids is 1. The normalized spacial score (nSPS) is 16.7. The summed E-state index contributed by atoms with van der Waals surface area (Å²) in [5.41, 5.74) is 0.798. The van der Waals surface area contributed by atoms with Crippen LogP contribution in [0.15, 0.2) is 18.2 Å². The van der Waals surface area contributed by atoms with Crippen molar-refractivity contribution >= 4 is 12.1 Å². The molecule has 0 spiro atoms. The molecule has 31 heavy (non-hydrogen) atoms. The Morgan fingerprint density at radius 2 is 1.77 bits per heavy atom. The second-order valence-corrected chi connectivity index (χ2v) is 8.42. The minimum absolute atomic E-state index is 0.00972. The molecule has 10 heteroatoms. The largest absolute Gasteiger partial charge is 0.492 e. The highest BCUT2D eigenvalue weighted by molar-refractivity contribution is 5.73. The summed E-state index contributed by atoms with van der Waals surface area (Å²) in [7, 11) is 0. The molecule has 0 radical (unpaired) electrons. The quantitative estimate of drug-likeness (QED) is 0.688. The number of aryl methyl sites for hydroxylation is 1. The Hall–Kier alpha value is -2.49. The van der Waals surface area contributed by atoms with E-state index in [9.17, 15) is 27.9 Å². The Labute approximate surface area is 179 Å². The average Bonchev–Trinajstić information content (AvgIpc) is 2.67. The third kappa shape index (κ3) is 7.02. The first kappa shape index (κ1) is 24.8. The first-order valence-corrected chi connectivity index (χ1v) is 10.00. The molecule has 1 aromatic rings. The number of halogens is 3. The zero-order chi connectivity index (χ0) is 23.4. The van der Waals surface area contributed by atoms with Gasteiger partial charge in [0, 0.05) is 38.3 Å². The van der Waals surface area contributed by atoms with Crippen molar-refractivity contribution in [1.29, 1.82) is 0 Å². The van der Waals surface area contributed by atoms with Crippen LogP contribution in [0.5, 0.6) is 5.75 Å². The SMILES string of the molecule is Cc1ccc(CN2CCN(C(=O)OC(C)C(F)(F)F)CC2)c(OCC(C)(C)C(=O)O)c1. The maximum Gasteiger partial charge on any atom is 0.425 e. The van der Waals surface area contributed by atoms with E-state index in [1.54, 1.807) is 13.8 Å². The Morgan fingerprint density at radius 3 is 2.32 bits per heavy atom. The monoisotopic (exact) mass is 446 g/mol. The molecule has 1 amide bonds. The zero-order valence-electron chi connectivity index (χ0n) is 18.2. The van der Waals surface area contributed by atoms with Crippen molar-refractivity contribution in [3.8, 4) is 5.75 Å². The summed E-state index contributed by atoms with van der Waals surface area (Å²) in [5, 5.41) is 9.28. The van der Waals surface area contributed by atoms with Crippen LogP contribution in [-0.2, 0) is 16.1 Å². The molecule has 1 aliphatic rings. The fourth-order valence-electron chi connectivity index (χ4n) is 2.87. The van der Waals surface area contributed by atoms with Gasteiger partial charge in [0.2, 0.25) is 0 Å². The van der Waals surface area contributed by atoms with Gasteiger partial charge in [0.25, 0.3) is 0 Å². The molecule has 1 N–H and O–H groups in total. The molecule has 0 saturated carbocycles. The minimum atomic E-state index is -4.59. The average molecular weight is 446 g/mol. The number of nitrogens with zero attached hydrogens (tertiary/aromatic N) is 2. The number of rotatable bonds is 7. The molecule has 1 aromatic carbocycles. The second-order valence-electron chi connectivity index (χ2n) is 8.42. The highest BCUT2D eigenvalue weighted by Crippen LogP contribution is 2.26. The molecule has 1 saturated heterocycles. The second kappa shape index (κ2) is 9.76. The van der Waals surface area contributed by atoms with Gasteiger partial charge in [-0.05, 0) is 39.3 Å². The van der Waals surface area contributed by atoms with E-state index < -0.39 is 29.8 Å². The molecule has 0 aromatic heterocycles. The van der Waals surface area contributed by atoms with Crippen LogP contribution in [0.3, 0.4) is 0 Å². The van der Waals surface area contributed by atoms with Crippen molar-refractivity contribution in [3.05, 3.63) is 29.3 Å². The van der Waals surface area contributed by atoms with Crippen LogP contribution in [0, 0.1) is 12.3 Å². The molecule has 1 unspecified atom stereocenters. The van der Waals surface area contributed by atoms with Gasteiger partial charge in [-0.25, -0.2) is 4.79 Å². The summed E-state index contributed by atoms with van der Waals surface area (Å²) in [4.78, 5) is 26.6. The summed E-state index contributed by atoms with van der Waals surface area (Å²) in [6.07, 6.45) is -7.71. The van der Waals surface area contributed by atoms with E-state index in [0.29, 0.717) is 25.4 Å². The lowest BCUT2D eigenvalue weighted by molar-refractivity contribution is -0.200. The Bertz CT molecular complexity index is 790.